The minimum Gasteiger partial charge on any atom is -0.482 e. The maximum absolute atomic E-state index is 6.82. The van der Waals surface area contributed by atoms with E-state index in [1.807, 2.05) is 76.2 Å². The summed E-state index contributed by atoms with van der Waals surface area (Å²) >= 11 is 0. The molecule has 14 nitrogen and oxygen atoms in total. The van der Waals surface area contributed by atoms with Crippen molar-refractivity contribution in [3.8, 4) is 22.9 Å². The molecule has 8 atom stereocenters. The van der Waals surface area contributed by atoms with Crippen LogP contribution in [0.15, 0.2) is 60.9 Å². The van der Waals surface area contributed by atoms with Gasteiger partial charge in [0, 0.05) is 0 Å². The number of aromatic nitrogens is 6. The van der Waals surface area contributed by atoms with E-state index in [4.69, 9.17) is 37.9 Å². The maximum Gasteiger partial charge on any atom is 0.191 e. The van der Waals surface area contributed by atoms with Crippen molar-refractivity contribution in [2.24, 2.45) is 0 Å². The van der Waals surface area contributed by atoms with E-state index in [1.54, 1.807) is 21.8 Å². The molecular formula is C30H30N6O8. The van der Waals surface area contributed by atoms with Crippen LogP contribution in [0.25, 0.3) is 11.4 Å². The molecule has 44 heavy (non-hydrogen) atoms. The van der Waals surface area contributed by atoms with Crippen molar-refractivity contribution in [2.75, 3.05) is 0 Å². The van der Waals surface area contributed by atoms with Gasteiger partial charge in [0.25, 0.3) is 0 Å². The molecule has 2 aromatic carbocycles. The summed E-state index contributed by atoms with van der Waals surface area (Å²) in [6, 6.07) is 15.1. The highest BCUT2D eigenvalue weighted by molar-refractivity contribution is 5.49. The molecule has 4 aromatic rings. The van der Waals surface area contributed by atoms with Crippen LogP contribution in [0.3, 0.4) is 0 Å². The van der Waals surface area contributed by atoms with Crippen LogP contribution in [-0.2, 0) is 28.4 Å². The van der Waals surface area contributed by atoms with Crippen molar-refractivity contribution >= 4 is 0 Å². The normalized spacial score (nSPS) is 34.1. The van der Waals surface area contributed by atoms with Gasteiger partial charge in [-0.15, -0.1) is 10.2 Å². The molecule has 14 heteroatoms. The van der Waals surface area contributed by atoms with E-state index in [0.29, 0.717) is 34.3 Å². The first-order valence-corrected chi connectivity index (χ1v) is 14.6. The first kappa shape index (κ1) is 26.5. The predicted octanol–water partition coefficient (Wildman–Crippen LogP) is 3.15. The van der Waals surface area contributed by atoms with E-state index < -0.39 is 60.8 Å². The molecule has 0 amide bonds. The highest BCUT2D eigenvalue weighted by Gasteiger charge is 2.59. The molecule has 9 rings (SSSR count). The van der Waals surface area contributed by atoms with Crippen LogP contribution in [0.2, 0.25) is 0 Å². The fourth-order valence-electron chi connectivity index (χ4n) is 6.70. The van der Waals surface area contributed by atoms with Crippen molar-refractivity contribution in [3.05, 3.63) is 72.3 Å². The molecule has 0 saturated carbocycles. The monoisotopic (exact) mass is 602 g/mol. The summed E-state index contributed by atoms with van der Waals surface area (Å²) < 4.78 is 54.9. The van der Waals surface area contributed by atoms with Crippen LogP contribution in [0, 0.1) is 0 Å². The molecule has 0 radical (unpaired) electrons. The molecule has 228 valence electrons. The minimum atomic E-state index is -0.855. The van der Waals surface area contributed by atoms with E-state index in [2.05, 4.69) is 20.6 Å². The Bertz CT molecular complexity index is 1610. The second-order valence-corrected chi connectivity index (χ2v) is 12.3. The quantitative estimate of drug-likeness (QED) is 0.293. The fraction of sp³-hybridized carbons (Fsp3) is 0.467. The van der Waals surface area contributed by atoms with Gasteiger partial charge >= 0.3 is 0 Å². The van der Waals surface area contributed by atoms with Crippen molar-refractivity contribution < 1.29 is 37.9 Å². The first-order chi connectivity index (χ1) is 21.2. The van der Waals surface area contributed by atoms with E-state index >= 15 is 0 Å². The van der Waals surface area contributed by atoms with Crippen molar-refractivity contribution in [2.45, 2.75) is 88.5 Å². The number of para-hydroxylation sites is 4. The molecule has 5 aliphatic rings. The Morgan fingerprint density at radius 1 is 0.568 bits per heavy atom. The number of hydrogen-bond acceptors (Lipinski definition) is 12. The van der Waals surface area contributed by atoms with Gasteiger partial charge in [-0.05, 0) is 52.0 Å². The molecule has 0 aliphatic carbocycles. The van der Waals surface area contributed by atoms with Gasteiger partial charge in [-0.25, -0.2) is 9.36 Å². The lowest BCUT2D eigenvalue weighted by Crippen LogP contribution is -2.38. The van der Waals surface area contributed by atoms with Crippen molar-refractivity contribution in [1.29, 1.82) is 0 Å². The van der Waals surface area contributed by atoms with Crippen LogP contribution in [0.5, 0.6) is 11.5 Å². The van der Waals surface area contributed by atoms with Crippen LogP contribution < -0.4 is 9.47 Å². The van der Waals surface area contributed by atoms with Gasteiger partial charge in [-0.3, -0.25) is 0 Å². The largest absolute Gasteiger partial charge is 0.482 e. The molecule has 4 fully saturated rings. The Hall–Kier alpha value is -3.92. The zero-order valence-electron chi connectivity index (χ0n) is 24.3. The summed E-state index contributed by atoms with van der Waals surface area (Å²) in [7, 11) is 0. The average Bonchev–Trinajstić information content (AvgIpc) is 3.82. The number of fused-ring (bicyclic) bond motifs is 14. The third-order valence-electron chi connectivity index (χ3n) is 8.43. The van der Waals surface area contributed by atoms with Crippen LogP contribution in [0.1, 0.15) is 51.3 Å². The molecule has 0 bridgehead atoms. The molecule has 0 spiro atoms. The Morgan fingerprint density at radius 3 is 1.45 bits per heavy atom. The number of nitrogens with zero attached hydrogens (tertiary/aromatic N) is 6. The minimum absolute atomic E-state index is 0.535. The summed E-state index contributed by atoms with van der Waals surface area (Å²) in [5, 5.41) is 17.5. The van der Waals surface area contributed by atoms with Crippen molar-refractivity contribution in [3.63, 3.8) is 0 Å². The third kappa shape index (κ3) is 4.02. The van der Waals surface area contributed by atoms with Crippen LogP contribution in [-0.4, -0.2) is 78.6 Å². The van der Waals surface area contributed by atoms with Gasteiger partial charge < -0.3 is 37.9 Å². The molecule has 7 heterocycles. The SMILES string of the molecule is CC1(C)O[C@H]2O[C@@H]3c4cnnn4-c4ccccc4O[C@@H]4[C@H]5OC(C)(C)O[C@H]5O[C@@H]4c4cnnn4-c4ccccc4O[C@@H]3[C@H]2O1. The maximum atomic E-state index is 6.82. The smallest absolute Gasteiger partial charge is 0.191 e. The highest BCUT2D eigenvalue weighted by atomic mass is 16.9. The molecule has 5 aliphatic heterocycles. The summed E-state index contributed by atoms with van der Waals surface area (Å²) in [5.74, 6) is -0.641. The second kappa shape index (κ2) is 9.30. The number of hydrogen-bond donors (Lipinski definition) is 0. The summed E-state index contributed by atoms with van der Waals surface area (Å²) in [4.78, 5) is 0. The van der Waals surface area contributed by atoms with Crippen LogP contribution >= 0.6 is 0 Å². The Morgan fingerprint density at radius 2 is 1.00 bits per heavy atom. The van der Waals surface area contributed by atoms with Gasteiger partial charge in [0.2, 0.25) is 0 Å². The lowest BCUT2D eigenvalue weighted by Gasteiger charge is -2.29. The summed E-state index contributed by atoms with van der Waals surface area (Å²) in [6.07, 6.45) is -1.70. The first-order valence-electron chi connectivity index (χ1n) is 14.6. The fourth-order valence-corrected chi connectivity index (χ4v) is 6.70. The zero-order chi connectivity index (χ0) is 29.8. The summed E-state index contributed by atoms with van der Waals surface area (Å²) in [6.45, 7) is 7.40. The van der Waals surface area contributed by atoms with E-state index in [-0.39, 0.29) is 0 Å². The predicted molar refractivity (Wildman–Crippen MR) is 147 cm³/mol. The van der Waals surface area contributed by atoms with Gasteiger partial charge in [0.1, 0.15) is 35.1 Å². The lowest BCUT2D eigenvalue weighted by molar-refractivity contribution is -0.215. The molecule has 0 unspecified atom stereocenters. The van der Waals surface area contributed by atoms with E-state index in [1.165, 1.54) is 0 Å². The molecule has 2 aromatic heterocycles. The third-order valence-corrected chi connectivity index (χ3v) is 8.43. The van der Waals surface area contributed by atoms with E-state index in [9.17, 15) is 0 Å². The topological polar surface area (TPSA) is 135 Å². The molecule has 0 N–H and O–H groups in total. The Kier molecular flexibility index (Phi) is 5.59. The van der Waals surface area contributed by atoms with Gasteiger partial charge in [-0.2, -0.15) is 0 Å². The van der Waals surface area contributed by atoms with Gasteiger partial charge in [-0.1, -0.05) is 34.7 Å². The molecular weight excluding hydrogens is 572 g/mol. The number of ether oxygens (including phenoxy) is 8. The lowest BCUT2D eigenvalue weighted by atomic mass is 10.1. The van der Waals surface area contributed by atoms with Crippen LogP contribution in [0.4, 0.5) is 0 Å². The summed E-state index contributed by atoms with van der Waals surface area (Å²) in [5.41, 5.74) is 2.57. The van der Waals surface area contributed by atoms with Crippen molar-refractivity contribution in [1.82, 2.24) is 30.0 Å². The van der Waals surface area contributed by atoms with Gasteiger partial charge in [0.05, 0.1) is 23.8 Å². The number of benzene rings is 2. The average molecular weight is 603 g/mol. The second-order valence-electron chi connectivity index (χ2n) is 12.3. The Labute approximate surface area is 251 Å². The highest BCUT2D eigenvalue weighted by Crippen LogP contribution is 2.48. The van der Waals surface area contributed by atoms with E-state index in [0.717, 1.165) is 0 Å². The zero-order valence-corrected chi connectivity index (χ0v) is 24.3. The van der Waals surface area contributed by atoms with Gasteiger partial charge in [0.15, 0.2) is 48.6 Å². The number of rotatable bonds is 0. The Balaban J connectivity index is 1.24. The molecule has 4 saturated heterocycles. The standard InChI is InChI=1S/C30H30N6O8/c1-29(2)41-25-23-21(39-27(25)43-29)17-13-31-33-35(17)16-10-6-8-12-20(16)38-24-22(40-28-26(24)42-30(3,4)44-28)18-14-32-34-36(18)15-9-5-7-11-19(15)37-23/h5-14,21-28H,1-4H3/t21-,22-,23+,24+,25-,26-,27-,28-/m1/s1.